The van der Waals surface area contributed by atoms with Crippen LogP contribution in [0.2, 0.25) is 0 Å². The van der Waals surface area contributed by atoms with E-state index in [2.05, 4.69) is 57.7 Å². The molecule has 1 fully saturated rings. The van der Waals surface area contributed by atoms with Crippen molar-refractivity contribution in [1.82, 2.24) is 9.88 Å². The highest BCUT2D eigenvalue weighted by Gasteiger charge is 2.39. The van der Waals surface area contributed by atoms with Crippen LogP contribution in [0.5, 0.6) is 11.5 Å². The molecule has 0 saturated carbocycles. The molecule has 0 atom stereocenters. The van der Waals surface area contributed by atoms with Crippen LogP contribution in [0.1, 0.15) is 29.7 Å². The third kappa shape index (κ3) is 3.12. The Morgan fingerprint density at radius 2 is 1.82 bits per heavy atom. The van der Waals surface area contributed by atoms with Crippen molar-refractivity contribution < 1.29 is 9.47 Å². The van der Waals surface area contributed by atoms with Gasteiger partial charge in [-0.1, -0.05) is 36.4 Å². The van der Waals surface area contributed by atoms with E-state index < -0.39 is 0 Å². The van der Waals surface area contributed by atoms with Crippen LogP contribution in [0.25, 0.3) is 0 Å². The number of hydrogen-bond acceptors (Lipinski definition) is 6. The van der Waals surface area contributed by atoms with Crippen molar-refractivity contribution in [3.63, 3.8) is 0 Å². The Bertz CT molecular complexity index is 965. The van der Waals surface area contributed by atoms with Gasteiger partial charge in [0.15, 0.2) is 16.6 Å². The van der Waals surface area contributed by atoms with Crippen LogP contribution in [-0.4, -0.2) is 29.8 Å². The molecule has 2 aliphatic heterocycles. The summed E-state index contributed by atoms with van der Waals surface area (Å²) < 4.78 is 10.9. The van der Waals surface area contributed by atoms with Gasteiger partial charge in [-0.15, -0.1) is 11.3 Å². The number of thiazole rings is 1. The van der Waals surface area contributed by atoms with Gasteiger partial charge in [-0.25, -0.2) is 4.98 Å². The second-order valence-electron chi connectivity index (χ2n) is 7.48. The minimum Gasteiger partial charge on any atom is -0.454 e. The number of nitrogens with zero attached hydrogens (tertiary/aromatic N) is 2. The lowest BCUT2D eigenvalue weighted by Crippen LogP contribution is -2.43. The molecule has 144 valence electrons. The lowest BCUT2D eigenvalue weighted by atomic mass is 9.70. The standard InChI is InChI=1S/C22H23N3O2S/c23-21-24-20(14-28-21)22(17-4-2-1-3-5-17)8-10-25(11-9-22)13-16-6-7-18-19(12-16)27-15-26-18/h1-7,12,14H,8-11,13,15H2,(H2,23,24). The maximum atomic E-state index is 5.97. The van der Waals surface area contributed by atoms with Crippen LogP contribution in [0.3, 0.4) is 0 Å². The van der Waals surface area contributed by atoms with Gasteiger partial charge in [-0.3, -0.25) is 4.90 Å². The largest absolute Gasteiger partial charge is 0.454 e. The predicted molar refractivity (Wildman–Crippen MR) is 111 cm³/mol. The highest BCUT2D eigenvalue weighted by atomic mass is 32.1. The molecule has 1 saturated heterocycles. The summed E-state index contributed by atoms with van der Waals surface area (Å²) in [4.78, 5) is 7.19. The van der Waals surface area contributed by atoms with Gasteiger partial charge in [0.05, 0.1) is 5.69 Å². The summed E-state index contributed by atoms with van der Waals surface area (Å²) in [5, 5.41) is 2.78. The van der Waals surface area contributed by atoms with E-state index >= 15 is 0 Å². The number of nitrogen functional groups attached to an aromatic ring is 1. The zero-order chi connectivity index (χ0) is 19.0. The molecule has 2 aliphatic rings. The maximum Gasteiger partial charge on any atom is 0.231 e. The zero-order valence-corrected chi connectivity index (χ0v) is 16.5. The zero-order valence-electron chi connectivity index (χ0n) is 15.6. The summed E-state index contributed by atoms with van der Waals surface area (Å²) >= 11 is 1.53. The van der Waals surface area contributed by atoms with Crippen LogP contribution in [0, 0.1) is 0 Å². The Kier molecular flexibility index (Phi) is 4.45. The van der Waals surface area contributed by atoms with Crippen molar-refractivity contribution in [2.45, 2.75) is 24.8 Å². The second kappa shape index (κ2) is 7.11. The van der Waals surface area contributed by atoms with Gasteiger partial charge in [0.1, 0.15) is 0 Å². The van der Waals surface area contributed by atoms with Crippen molar-refractivity contribution in [2.75, 3.05) is 25.6 Å². The van der Waals surface area contributed by atoms with E-state index in [0.29, 0.717) is 11.9 Å². The molecule has 3 aromatic rings. The Morgan fingerprint density at radius 1 is 1.04 bits per heavy atom. The van der Waals surface area contributed by atoms with Crippen molar-refractivity contribution >= 4 is 16.5 Å². The van der Waals surface area contributed by atoms with Crippen LogP contribution in [0.4, 0.5) is 5.13 Å². The molecule has 5 rings (SSSR count). The lowest BCUT2D eigenvalue weighted by molar-refractivity contribution is 0.169. The fourth-order valence-electron chi connectivity index (χ4n) is 4.35. The molecule has 0 spiro atoms. The number of nitrogens with two attached hydrogens (primary N) is 1. The fraction of sp³-hybridized carbons (Fsp3) is 0.318. The molecule has 0 amide bonds. The SMILES string of the molecule is Nc1nc(C2(c3ccccc3)CCN(Cc3ccc4c(c3)OCO4)CC2)cs1. The molecule has 2 N–H and O–H groups in total. The highest BCUT2D eigenvalue weighted by Crippen LogP contribution is 2.42. The number of fused-ring (bicyclic) bond motifs is 1. The third-order valence-corrected chi connectivity index (χ3v) is 6.57. The van der Waals surface area contributed by atoms with Crippen molar-refractivity contribution in [1.29, 1.82) is 0 Å². The first-order chi connectivity index (χ1) is 13.7. The van der Waals surface area contributed by atoms with Crippen molar-refractivity contribution in [3.05, 3.63) is 70.7 Å². The van der Waals surface area contributed by atoms with Crippen LogP contribution in [-0.2, 0) is 12.0 Å². The Labute approximate surface area is 168 Å². The van der Waals surface area contributed by atoms with Crippen LogP contribution < -0.4 is 15.2 Å². The Morgan fingerprint density at radius 3 is 2.57 bits per heavy atom. The van der Waals surface area contributed by atoms with Gasteiger partial charge < -0.3 is 15.2 Å². The second-order valence-corrected chi connectivity index (χ2v) is 8.37. The number of ether oxygens (including phenoxy) is 2. The average Bonchev–Trinajstić information content (AvgIpc) is 3.38. The number of likely N-dealkylation sites (tertiary alicyclic amines) is 1. The molecule has 5 nitrogen and oxygen atoms in total. The van der Waals surface area contributed by atoms with Crippen molar-refractivity contribution in [2.24, 2.45) is 0 Å². The average molecular weight is 394 g/mol. The minimum absolute atomic E-state index is 0.0548. The normalized spacial score (nSPS) is 18.3. The summed E-state index contributed by atoms with van der Waals surface area (Å²) in [7, 11) is 0. The van der Waals surface area contributed by atoms with Gasteiger partial charge in [-0.05, 0) is 49.2 Å². The summed E-state index contributed by atoms with van der Waals surface area (Å²) in [6.07, 6.45) is 2.06. The lowest BCUT2D eigenvalue weighted by Gasteiger charge is -2.41. The maximum absolute atomic E-state index is 5.97. The molecule has 1 aromatic heterocycles. The monoisotopic (exact) mass is 393 g/mol. The summed E-state index contributed by atoms with van der Waals surface area (Å²) in [5.74, 6) is 1.69. The molecule has 6 heteroatoms. The smallest absolute Gasteiger partial charge is 0.231 e. The number of benzene rings is 2. The number of piperidine rings is 1. The van der Waals surface area contributed by atoms with Gasteiger partial charge in [-0.2, -0.15) is 0 Å². The van der Waals surface area contributed by atoms with E-state index in [0.717, 1.165) is 49.7 Å². The van der Waals surface area contributed by atoms with Gasteiger partial charge >= 0.3 is 0 Å². The number of rotatable bonds is 4. The van der Waals surface area contributed by atoms with E-state index in [9.17, 15) is 0 Å². The van der Waals surface area contributed by atoms with E-state index in [4.69, 9.17) is 15.2 Å². The van der Waals surface area contributed by atoms with E-state index in [1.54, 1.807) is 0 Å². The van der Waals surface area contributed by atoms with Crippen LogP contribution in [0.15, 0.2) is 53.9 Å². The quantitative estimate of drug-likeness (QED) is 0.725. The van der Waals surface area contributed by atoms with Gasteiger partial charge in [0.2, 0.25) is 6.79 Å². The fourth-order valence-corrected chi connectivity index (χ4v) is 5.01. The third-order valence-electron chi connectivity index (χ3n) is 5.89. The first-order valence-corrected chi connectivity index (χ1v) is 10.5. The number of hydrogen-bond donors (Lipinski definition) is 1. The van der Waals surface area contributed by atoms with Gasteiger partial charge in [0, 0.05) is 17.3 Å². The number of aromatic nitrogens is 1. The molecule has 2 aromatic carbocycles. The highest BCUT2D eigenvalue weighted by molar-refractivity contribution is 7.13. The Balaban J connectivity index is 1.36. The first kappa shape index (κ1) is 17.5. The van der Waals surface area contributed by atoms with E-state index in [1.807, 2.05) is 6.07 Å². The Hall–Kier alpha value is -2.57. The molecular weight excluding hydrogens is 370 g/mol. The topological polar surface area (TPSA) is 60.6 Å². The number of anilines is 1. The minimum atomic E-state index is -0.0548. The van der Waals surface area contributed by atoms with E-state index in [-0.39, 0.29) is 5.41 Å². The summed E-state index contributed by atoms with van der Waals surface area (Å²) in [6.45, 7) is 3.26. The van der Waals surface area contributed by atoms with E-state index in [1.165, 1.54) is 22.5 Å². The van der Waals surface area contributed by atoms with Crippen molar-refractivity contribution in [3.8, 4) is 11.5 Å². The molecule has 0 bridgehead atoms. The summed E-state index contributed by atoms with van der Waals surface area (Å²) in [5.41, 5.74) is 9.63. The first-order valence-electron chi connectivity index (χ1n) is 9.61. The molecule has 0 radical (unpaired) electrons. The van der Waals surface area contributed by atoms with Crippen LogP contribution >= 0.6 is 11.3 Å². The summed E-state index contributed by atoms with van der Waals surface area (Å²) in [6, 6.07) is 17.0. The molecule has 3 heterocycles. The molecule has 0 aliphatic carbocycles. The predicted octanol–water partition coefficient (Wildman–Crippen LogP) is 4.04. The molecule has 0 unspecified atom stereocenters. The molecular formula is C22H23N3O2S. The van der Waals surface area contributed by atoms with Gasteiger partial charge in [0.25, 0.3) is 0 Å². The molecule has 28 heavy (non-hydrogen) atoms.